The molecule has 0 saturated heterocycles. The summed E-state index contributed by atoms with van der Waals surface area (Å²) in [6, 6.07) is 0. The zero-order valence-corrected chi connectivity index (χ0v) is 13.2. The third-order valence-corrected chi connectivity index (χ3v) is 5.79. The van der Waals surface area contributed by atoms with E-state index in [-0.39, 0.29) is 5.92 Å². The smallest absolute Gasteiger partial charge is 0.306 e. The van der Waals surface area contributed by atoms with Crippen LogP contribution >= 0.6 is 0 Å². The summed E-state index contributed by atoms with van der Waals surface area (Å²) in [5.41, 5.74) is 0. The summed E-state index contributed by atoms with van der Waals surface area (Å²) in [6.07, 6.45) is 15.5. The first kappa shape index (κ1) is 15.9. The first-order valence-electron chi connectivity index (χ1n) is 8.93. The fraction of sp³-hybridized carbons (Fsp3) is 0.944. The van der Waals surface area contributed by atoms with Crippen molar-refractivity contribution >= 4 is 5.97 Å². The third-order valence-electron chi connectivity index (χ3n) is 5.79. The van der Waals surface area contributed by atoms with Crippen molar-refractivity contribution in [1.29, 1.82) is 0 Å². The second-order valence-electron chi connectivity index (χ2n) is 7.25. The first-order valence-corrected chi connectivity index (χ1v) is 8.93. The van der Waals surface area contributed by atoms with E-state index in [0.29, 0.717) is 0 Å². The van der Waals surface area contributed by atoms with Crippen LogP contribution in [-0.2, 0) is 4.79 Å². The average Bonchev–Trinajstić information content (AvgIpc) is 2.46. The van der Waals surface area contributed by atoms with Gasteiger partial charge in [0.15, 0.2) is 0 Å². The highest BCUT2D eigenvalue weighted by molar-refractivity contribution is 5.70. The highest BCUT2D eigenvalue weighted by Crippen LogP contribution is 2.45. The van der Waals surface area contributed by atoms with Gasteiger partial charge in [0.1, 0.15) is 0 Å². The van der Waals surface area contributed by atoms with Gasteiger partial charge in [-0.25, -0.2) is 0 Å². The molecule has 1 N–H and O–H groups in total. The Morgan fingerprint density at radius 3 is 2.40 bits per heavy atom. The minimum absolute atomic E-state index is 0.0400. The maximum atomic E-state index is 11.1. The number of aliphatic carboxylic acids is 1. The van der Waals surface area contributed by atoms with Crippen LogP contribution in [0.25, 0.3) is 0 Å². The van der Waals surface area contributed by atoms with Gasteiger partial charge >= 0.3 is 5.97 Å². The van der Waals surface area contributed by atoms with E-state index in [4.69, 9.17) is 5.11 Å². The molecule has 0 aromatic carbocycles. The van der Waals surface area contributed by atoms with Crippen molar-refractivity contribution in [3.05, 3.63) is 0 Å². The number of carbonyl (C=O) groups is 1. The van der Waals surface area contributed by atoms with Crippen molar-refractivity contribution in [2.75, 3.05) is 0 Å². The highest BCUT2D eigenvalue weighted by Gasteiger charge is 2.37. The van der Waals surface area contributed by atoms with Crippen molar-refractivity contribution in [2.24, 2.45) is 23.7 Å². The van der Waals surface area contributed by atoms with Gasteiger partial charge < -0.3 is 5.11 Å². The lowest BCUT2D eigenvalue weighted by atomic mass is 9.64. The van der Waals surface area contributed by atoms with E-state index in [1.807, 2.05) is 0 Å². The first-order chi connectivity index (χ1) is 9.70. The number of carboxylic acid groups (broad SMARTS) is 1. The van der Waals surface area contributed by atoms with Crippen molar-refractivity contribution in [3.8, 4) is 0 Å². The van der Waals surface area contributed by atoms with Gasteiger partial charge in [-0.3, -0.25) is 4.79 Å². The third kappa shape index (κ3) is 4.49. The lowest BCUT2D eigenvalue weighted by Gasteiger charge is -2.41. The zero-order chi connectivity index (χ0) is 14.4. The summed E-state index contributed by atoms with van der Waals surface area (Å²) < 4.78 is 0. The molecule has 2 saturated carbocycles. The Morgan fingerprint density at radius 2 is 1.65 bits per heavy atom. The molecule has 20 heavy (non-hydrogen) atoms. The van der Waals surface area contributed by atoms with E-state index in [1.54, 1.807) is 0 Å². The van der Waals surface area contributed by atoms with Gasteiger partial charge in [-0.15, -0.1) is 0 Å². The van der Waals surface area contributed by atoms with E-state index in [1.165, 1.54) is 64.2 Å². The van der Waals surface area contributed by atoms with Crippen molar-refractivity contribution in [1.82, 2.24) is 0 Å². The molecule has 0 amide bonds. The Hall–Kier alpha value is -0.530. The largest absolute Gasteiger partial charge is 0.481 e. The summed E-state index contributed by atoms with van der Waals surface area (Å²) in [5, 5.41) is 9.17. The number of rotatable bonds is 7. The molecule has 4 atom stereocenters. The molecule has 0 bridgehead atoms. The van der Waals surface area contributed by atoms with Crippen molar-refractivity contribution in [2.45, 2.75) is 84.0 Å². The van der Waals surface area contributed by atoms with Gasteiger partial charge in [-0.05, 0) is 49.9 Å². The second kappa shape index (κ2) is 8.05. The van der Waals surface area contributed by atoms with Crippen LogP contribution in [0, 0.1) is 23.7 Å². The van der Waals surface area contributed by atoms with Crippen molar-refractivity contribution < 1.29 is 9.90 Å². The Kier molecular flexibility index (Phi) is 6.38. The van der Waals surface area contributed by atoms with Gasteiger partial charge in [0.05, 0.1) is 5.92 Å². The van der Waals surface area contributed by atoms with E-state index in [9.17, 15) is 4.79 Å². The summed E-state index contributed by atoms with van der Waals surface area (Å²) in [7, 11) is 0. The molecular formula is C18H32O2. The number of unbranched alkanes of at least 4 members (excludes halogenated alkanes) is 4. The molecule has 0 radical (unpaired) electrons. The molecule has 0 heterocycles. The molecule has 2 fully saturated rings. The fourth-order valence-corrected chi connectivity index (χ4v) is 4.51. The van der Waals surface area contributed by atoms with Gasteiger partial charge in [-0.2, -0.15) is 0 Å². The minimum atomic E-state index is -0.554. The monoisotopic (exact) mass is 280 g/mol. The maximum Gasteiger partial charge on any atom is 0.306 e. The molecule has 0 aliphatic heterocycles. The lowest BCUT2D eigenvalue weighted by molar-refractivity contribution is -0.144. The average molecular weight is 280 g/mol. The molecule has 0 unspecified atom stereocenters. The Labute approximate surface area is 124 Å². The van der Waals surface area contributed by atoms with Gasteiger partial charge in [0.2, 0.25) is 0 Å². The van der Waals surface area contributed by atoms with E-state index >= 15 is 0 Å². The predicted molar refractivity (Wildman–Crippen MR) is 82.7 cm³/mol. The summed E-state index contributed by atoms with van der Waals surface area (Å²) >= 11 is 0. The fourth-order valence-electron chi connectivity index (χ4n) is 4.51. The number of hydrogen-bond donors (Lipinski definition) is 1. The number of carboxylic acids is 1. The SMILES string of the molecule is CCCCCCC[C@@H]1CC[C@@H]2C[C@@H](C(=O)O)CC[C@H]2C1. The van der Waals surface area contributed by atoms with Gasteiger partial charge in [0, 0.05) is 0 Å². The predicted octanol–water partition coefficient (Wildman–Crippen LogP) is 5.26. The van der Waals surface area contributed by atoms with Crippen LogP contribution in [0.15, 0.2) is 0 Å². The number of hydrogen-bond acceptors (Lipinski definition) is 1. The molecule has 0 aromatic heterocycles. The maximum absolute atomic E-state index is 11.1. The van der Waals surface area contributed by atoms with Crippen molar-refractivity contribution in [3.63, 3.8) is 0 Å². The standard InChI is InChI=1S/C18H32O2/c1-2-3-4-5-6-7-14-8-9-16-13-17(18(19)20)11-10-15(16)12-14/h14-17H,2-13H2,1H3,(H,19,20)/t14-,15+,16-,17+/m1/s1. The molecule has 2 rings (SSSR count). The topological polar surface area (TPSA) is 37.3 Å². The number of fused-ring (bicyclic) bond motifs is 1. The molecule has 0 aromatic rings. The molecule has 116 valence electrons. The highest BCUT2D eigenvalue weighted by atomic mass is 16.4. The lowest BCUT2D eigenvalue weighted by Crippen LogP contribution is -2.33. The van der Waals surface area contributed by atoms with E-state index < -0.39 is 5.97 Å². The van der Waals surface area contributed by atoms with Crippen LogP contribution in [0.3, 0.4) is 0 Å². The molecule has 0 spiro atoms. The van der Waals surface area contributed by atoms with Gasteiger partial charge in [0.25, 0.3) is 0 Å². The van der Waals surface area contributed by atoms with E-state index in [2.05, 4.69) is 6.92 Å². The van der Waals surface area contributed by atoms with Crippen LogP contribution in [-0.4, -0.2) is 11.1 Å². The Morgan fingerprint density at radius 1 is 0.950 bits per heavy atom. The minimum Gasteiger partial charge on any atom is -0.481 e. The Bertz CT molecular complexity index is 300. The Balaban J connectivity index is 1.66. The summed E-state index contributed by atoms with van der Waals surface area (Å²) in [4.78, 5) is 11.1. The molecule has 2 heteroatoms. The van der Waals surface area contributed by atoms with Crippen LogP contribution in [0.2, 0.25) is 0 Å². The second-order valence-corrected chi connectivity index (χ2v) is 7.25. The van der Waals surface area contributed by atoms with E-state index in [0.717, 1.165) is 30.6 Å². The molecule has 2 aliphatic carbocycles. The van der Waals surface area contributed by atoms with Gasteiger partial charge in [-0.1, -0.05) is 51.9 Å². The normalized spacial score (nSPS) is 33.6. The van der Waals surface area contributed by atoms with Crippen LogP contribution < -0.4 is 0 Å². The summed E-state index contributed by atoms with van der Waals surface area (Å²) in [5.74, 6) is 1.92. The molecule has 2 aliphatic rings. The van der Waals surface area contributed by atoms with Crippen LogP contribution in [0.4, 0.5) is 0 Å². The molecule has 2 nitrogen and oxygen atoms in total. The van der Waals surface area contributed by atoms with Crippen LogP contribution in [0.1, 0.15) is 84.0 Å². The van der Waals surface area contributed by atoms with Crippen LogP contribution in [0.5, 0.6) is 0 Å². The summed E-state index contributed by atoms with van der Waals surface area (Å²) in [6.45, 7) is 2.27. The molecular weight excluding hydrogens is 248 g/mol. The zero-order valence-electron chi connectivity index (χ0n) is 13.2. The quantitative estimate of drug-likeness (QED) is 0.645.